The molecule has 1 atom stereocenters. The van der Waals surface area contributed by atoms with Crippen LogP contribution in [0.4, 0.5) is 11.4 Å². The summed E-state index contributed by atoms with van der Waals surface area (Å²) in [5.74, 6) is -0.320. The molecule has 1 aliphatic rings. The predicted octanol–water partition coefficient (Wildman–Crippen LogP) is 3.67. The van der Waals surface area contributed by atoms with Gasteiger partial charge in [0.25, 0.3) is 0 Å². The van der Waals surface area contributed by atoms with E-state index in [4.69, 9.17) is 11.6 Å². The minimum absolute atomic E-state index is 0.0300. The van der Waals surface area contributed by atoms with E-state index in [0.717, 1.165) is 17.7 Å². The highest BCUT2D eigenvalue weighted by molar-refractivity contribution is 6.33. The van der Waals surface area contributed by atoms with E-state index in [-0.39, 0.29) is 24.4 Å². The number of benzene rings is 2. The van der Waals surface area contributed by atoms with Crippen LogP contribution >= 0.6 is 11.6 Å². The van der Waals surface area contributed by atoms with E-state index in [1.165, 1.54) is 11.8 Å². The standard InChI is InChI=1S/C19H19ClN2O2/c1-13-11-15-7-3-5-9-17(15)22(13)19(24)12-21(14(2)23)18-10-6-4-8-16(18)20/h3-10,13H,11-12H2,1-2H3. The maximum atomic E-state index is 12.9. The number of anilines is 2. The average Bonchev–Trinajstić information content (AvgIpc) is 2.89. The number of para-hydroxylation sites is 2. The lowest BCUT2D eigenvalue weighted by atomic mass is 10.1. The third-order valence-corrected chi connectivity index (χ3v) is 4.61. The third-order valence-electron chi connectivity index (χ3n) is 4.29. The van der Waals surface area contributed by atoms with Gasteiger partial charge < -0.3 is 9.80 Å². The van der Waals surface area contributed by atoms with Crippen LogP contribution in [0.1, 0.15) is 19.4 Å². The second-order valence-electron chi connectivity index (χ2n) is 6.00. The van der Waals surface area contributed by atoms with Gasteiger partial charge in [-0.1, -0.05) is 41.9 Å². The number of hydrogen-bond acceptors (Lipinski definition) is 2. The molecule has 24 heavy (non-hydrogen) atoms. The van der Waals surface area contributed by atoms with Crippen molar-refractivity contribution >= 4 is 34.8 Å². The molecule has 4 nitrogen and oxygen atoms in total. The Morgan fingerprint density at radius 3 is 2.54 bits per heavy atom. The van der Waals surface area contributed by atoms with Crippen molar-refractivity contribution in [3.8, 4) is 0 Å². The molecule has 3 rings (SSSR count). The van der Waals surface area contributed by atoms with Gasteiger partial charge in [0.15, 0.2) is 0 Å². The van der Waals surface area contributed by atoms with E-state index in [1.54, 1.807) is 29.2 Å². The smallest absolute Gasteiger partial charge is 0.247 e. The lowest BCUT2D eigenvalue weighted by molar-refractivity contribution is -0.121. The number of halogens is 1. The maximum Gasteiger partial charge on any atom is 0.247 e. The SMILES string of the molecule is CC(=O)N(CC(=O)N1c2ccccc2CC1C)c1ccccc1Cl. The van der Waals surface area contributed by atoms with Crippen LogP contribution in [0.3, 0.4) is 0 Å². The first-order valence-corrected chi connectivity index (χ1v) is 8.29. The second kappa shape index (κ2) is 6.65. The Kier molecular flexibility index (Phi) is 4.58. The first-order valence-electron chi connectivity index (χ1n) is 7.91. The van der Waals surface area contributed by atoms with Crippen molar-refractivity contribution in [2.75, 3.05) is 16.3 Å². The van der Waals surface area contributed by atoms with Crippen LogP contribution in [0.2, 0.25) is 5.02 Å². The Bertz CT molecular complexity index is 790. The fraction of sp³-hybridized carbons (Fsp3) is 0.263. The van der Waals surface area contributed by atoms with Gasteiger partial charge in [0.05, 0.1) is 10.7 Å². The average molecular weight is 343 g/mol. The van der Waals surface area contributed by atoms with Crippen molar-refractivity contribution in [3.05, 3.63) is 59.1 Å². The molecule has 0 N–H and O–H groups in total. The molecule has 0 spiro atoms. The van der Waals surface area contributed by atoms with Crippen molar-refractivity contribution < 1.29 is 9.59 Å². The monoisotopic (exact) mass is 342 g/mol. The summed E-state index contributed by atoms with van der Waals surface area (Å²) in [6.07, 6.45) is 0.827. The van der Waals surface area contributed by atoms with Gasteiger partial charge >= 0.3 is 0 Å². The van der Waals surface area contributed by atoms with Gasteiger partial charge in [-0.15, -0.1) is 0 Å². The second-order valence-corrected chi connectivity index (χ2v) is 6.41. The molecule has 124 valence electrons. The number of rotatable bonds is 3. The third kappa shape index (κ3) is 3.02. The molecular weight excluding hydrogens is 324 g/mol. The van der Waals surface area contributed by atoms with Gasteiger partial charge in [-0.05, 0) is 37.1 Å². The van der Waals surface area contributed by atoms with Crippen molar-refractivity contribution in [2.24, 2.45) is 0 Å². The summed E-state index contributed by atoms with van der Waals surface area (Å²) >= 11 is 6.20. The van der Waals surface area contributed by atoms with Crippen LogP contribution in [0, 0.1) is 0 Å². The lowest BCUT2D eigenvalue weighted by Gasteiger charge is -2.27. The number of carbonyl (C=O) groups is 2. The van der Waals surface area contributed by atoms with Gasteiger partial charge in [0.2, 0.25) is 11.8 Å². The minimum Gasteiger partial charge on any atom is -0.307 e. The first-order chi connectivity index (χ1) is 11.5. The number of carbonyl (C=O) groups excluding carboxylic acids is 2. The highest BCUT2D eigenvalue weighted by Gasteiger charge is 2.32. The fourth-order valence-electron chi connectivity index (χ4n) is 3.19. The van der Waals surface area contributed by atoms with E-state index in [2.05, 4.69) is 0 Å². The van der Waals surface area contributed by atoms with Gasteiger partial charge in [0.1, 0.15) is 6.54 Å². The zero-order valence-corrected chi connectivity index (χ0v) is 14.5. The summed E-state index contributed by atoms with van der Waals surface area (Å²) in [6.45, 7) is 3.43. The van der Waals surface area contributed by atoms with E-state index in [0.29, 0.717) is 10.7 Å². The predicted molar refractivity (Wildman–Crippen MR) is 96.6 cm³/mol. The molecule has 0 radical (unpaired) electrons. The van der Waals surface area contributed by atoms with Gasteiger partial charge in [0, 0.05) is 18.7 Å². The summed E-state index contributed by atoms with van der Waals surface area (Å²) < 4.78 is 0. The van der Waals surface area contributed by atoms with Crippen LogP contribution < -0.4 is 9.80 Å². The Morgan fingerprint density at radius 1 is 1.17 bits per heavy atom. The number of amides is 2. The molecule has 0 saturated heterocycles. The molecule has 0 bridgehead atoms. The lowest BCUT2D eigenvalue weighted by Crippen LogP contribution is -2.44. The summed E-state index contributed by atoms with van der Waals surface area (Å²) in [5.41, 5.74) is 2.64. The molecule has 0 aromatic heterocycles. The van der Waals surface area contributed by atoms with Crippen LogP contribution in [0.5, 0.6) is 0 Å². The normalized spacial score (nSPS) is 16.0. The summed E-state index contributed by atoms with van der Waals surface area (Å²) in [4.78, 5) is 28.2. The van der Waals surface area contributed by atoms with E-state index < -0.39 is 0 Å². The van der Waals surface area contributed by atoms with Gasteiger partial charge in [-0.25, -0.2) is 0 Å². The quantitative estimate of drug-likeness (QED) is 0.854. The highest BCUT2D eigenvalue weighted by Crippen LogP contribution is 2.32. The van der Waals surface area contributed by atoms with Gasteiger partial charge in [-0.2, -0.15) is 0 Å². The van der Waals surface area contributed by atoms with Crippen molar-refractivity contribution in [1.82, 2.24) is 0 Å². The molecule has 1 heterocycles. The molecular formula is C19H19ClN2O2. The zero-order chi connectivity index (χ0) is 17.3. The molecule has 0 fully saturated rings. The van der Waals surface area contributed by atoms with Crippen molar-refractivity contribution in [3.63, 3.8) is 0 Å². The molecule has 2 amide bonds. The Labute approximate surface area is 146 Å². The molecule has 2 aromatic carbocycles. The maximum absolute atomic E-state index is 12.9. The van der Waals surface area contributed by atoms with Gasteiger partial charge in [-0.3, -0.25) is 9.59 Å². The van der Waals surface area contributed by atoms with Crippen LogP contribution in [0.25, 0.3) is 0 Å². The first kappa shape index (κ1) is 16.5. The Hall–Kier alpha value is -2.33. The number of fused-ring (bicyclic) bond motifs is 1. The van der Waals surface area contributed by atoms with E-state index in [1.807, 2.05) is 31.2 Å². The van der Waals surface area contributed by atoms with E-state index in [9.17, 15) is 9.59 Å². The topological polar surface area (TPSA) is 40.6 Å². The Morgan fingerprint density at radius 2 is 1.83 bits per heavy atom. The molecule has 0 saturated carbocycles. The summed E-state index contributed by atoms with van der Waals surface area (Å²) in [5, 5.41) is 0.454. The van der Waals surface area contributed by atoms with Crippen LogP contribution in [0.15, 0.2) is 48.5 Å². The zero-order valence-electron chi connectivity index (χ0n) is 13.7. The number of hydrogen-bond donors (Lipinski definition) is 0. The summed E-state index contributed by atoms with van der Waals surface area (Å²) in [7, 11) is 0. The van der Waals surface area contributed by atoms with Crippen molar-refractivity contribution in [1.29, 1.82) is 0 Å². The Balaban J connectivity index is 1.88. The minimum atomic E-state index is -0.211. The largest absolute Gasteiger partial charge is 0.307 e. The molecule has 1 unspecified atom stereocenters. The molecule has 0 aliphatic carbocycles. The highest BCUT2D eigenvalue weighted by atomic mass is 35.5. The van der Waals surface area contributed by atoms with Crippen LogP contribution in [-0.2, 0) is 16.0 Å². The van der Waals surface area contributed by atoms with Crippen LogP contribution in [-0.4, -0.2) is 24.4 Å². The van der Waals surface area contributed by atoms with E-state index >= 15 is 0 Å². The number of nitrogens with zero attached hydrogens (tertiary/aromatic N) is 2. The molecule has 5 heteroatoms. The van der Waals surface area contributed by atoms with Crippen molar-refractivity contribution in [2.45, 2.75) is 26.3 Å². The molecule has 2 aromatic rings. The summed E-state index contributed by atoms with van der Waals surface area (Å²) in [6, 6.07) is 15.0. The molecule has 1 aliphatic heterocycles. The fourth-order valence-corrected chi connectivity index (χ4v) is 3.43.